The molecule has 0 aliphatic heterocycles. The fourth-order valence-corrected chi connectivity index (χ4v) is 2.23. The Balaban J connectivity index is 0.00000105. The summed E-state index contributed by atoms with van der Waals surface area (Å²) in [6, 6.07) is 8.19. The Labute approximate surface area is 152 Å². The van der Waals surface area contributed by atoms with Crippen LogP contribution in [0.25, 0.3) is 0 Å². The van der Waals surface area contributed by atoms with E-state index < -0.39 is 5.97 Å². The summed E-state index contributed by atoms with van der Waals surface area (Å²) in [5.41, 5.74) is 1.78. The van der Waals surface area contributed by atoms with Crippen LogP contribution in [0.2, 0.25) is 0 Å². The third-order valence-corrected chi connectivity index (χ3v) is 3.59. The van der Waals surface area contributed by atoms with Crippen LogP contribution in [-0.4, -0.2) is 50.7 Å². The van der Waals surface area contributed by atoms with Gasteiger partial charge in [-0.15, -0.1) is 0 Å². The van der Waals surface area contributed by atoms with Crippen molar-refractivity contribution in [2.24, 2.45) is 0 Å². The van der Waals surface area contributed by atoms with Crippen LogP contribution in [0.15, 0.2) is 36.7 Å². The molecule has 26 heavy (non-hydrogen) atoms. The number of carboxylic acid groups (broad SMARTS) is 2. The third-order valence-electron chi connectivity index (χ3n) is 3.59. The molecule has 2 rings (SSSR count). The van der Waals surface area contributed by atoms with Crippen molar-refractivity contribution in [1.82, 2.24) is 14.9 Å². The Morgan fingerprint density at radius 3 is 2.38 bits per heavy atom. The van der Waals surface area contributed by atoms with Crippen molar-refractivity contribution in [2.75, 3.05) is 7.11 Å². The number of ether oxygens (including phenoxy) is 1. The summed E-state index contributed by atoms with van der Waals surface area (Å²) in [6.45, 7) is 5.26. The van der Waals surface area contributed by atoms with E-state index in [1.165, 1.54) is 12.4 Å². The summed E-state index contributed by atoms with van der Waals surface area (Å²) in [7, 11) is 1.66. The van der Waals surface area contributed by atoms with Crippen molar-refractivity contribution in [3.63, 3.8) is 0 Å². The molecule has 0 aliphatic carbocycles. The lowest BCUT2D eigenvalue weighted by Gasteiger charge is -2.26. The van der Waals surface area contributed by atoms with E-state index in [4.69, 9.17) is 19.7 Å². The van der Waals surface area contributed by atoms with Crippen LogP contribution in [0.4, 0.5) is 0 Å². The van der Waals surface area contributed by atoms with E-state index in [9.17, 15) is 4.79 Å². The summed E-state index contributed by atoms with van der Waals surface area (Å²) in [5.74, 6) is -0.218. The average Bonchev–Trinajstić information content (AvgIpc) is 2.62. The SMILES string of the molecule is COc1ccccc1CN(Cc1cnc(C(=O)O)cn1)C(C)C.O=CO. The smallest absolute Gasteiger partial charge is 0.356 e. The largest absolute Gasteiger partial charge is 0.496 e. The number of benzene rings is 1. The molecular formula is C18H23N3O5. The van der Waals surface area contributed by atoms with Crippen LogP contribution < -0.4 is 4.74 Å². The van der Waals surface area contributed by atoms with Crippen LogP contribution in [0, 0.1) is 0 Å². The number of hydrogen-bond donors (Lipinski definition) is 2. The van der Waals surface area contributed by atoms with E-state index in [-0.39, 0.29) is 12.2 Å². The standard InChI is InChI=1S/C17H21N3O3.CH2O2/c1-12(2)20(10-13-6-4-5-7-16(13)23-3)11-14-8-19-15(9-18-14)17(21)22;2-1-3/h4-9,12H,10-11H2,1-3H3,(H,21,22);1H,(H,2,3). The highest BCUT2D eigenvalue weighted by atomic mass is 16.5. The van der Waals surface area contributed by atoms with Gasteiger partial charge in [-0.1, -0.05) is 18.2 Å². The van der Waals surface area contributed by atoms with Crippen LogP contribution in [0.1, 0.15) is 35.6 Å². The molecule has 0 aliphatic rings. The van der Waals surface area contributed by atoms with Gasteiger partial charge in [-0.3, -0.25) is 14.7 Å². The molecule has 1 heterocycles. The quantitative estimate of drug-likeness (QED) is 0.722. The zero-order chi connectivity index (χ0) is 19.5. The van der Waals surface area contributed by atoms with Gasteiger partial charge in [0.15, 0.2) is 5.69 Å². The number of aromatic carboxylic acids is 1. The number of methoxy groups -OCH3 is 1. The van der Waals surface area contributed by atoms with Crippen LogP contribution in [-0.2, 0) is 17.9 Å². The number of carbonyl (C=O) groups is 2. The number of carboxylic acids is 1. The maximum Gasteiger partial charge on any atom is 0.356 e. The first-order valence-corrected chi connectivity index (χ1v) is 7.90. The van der Waals surface area contributed by atoms with Gasteiger partial charge in [-0.25, -0.2) is 9.78 Å². The maximum absolute atomic E-state index is 10.8. The Morgan fingerprint density at radius 2 is 1.88 bits per heavy atom. The molecule has 0 amide bonds. The minimum atomic E-state index is -1.07. The number of rotatable bonds is 7. The van der Waals surface area contributed by atoms with Crippen molar-refractivity contribution in [3.8, 4) is 5.75 Å². The predicted molar refractivity (Wildman–Crippen MR) is 95.1 cm³/mol. The summed E-state index contributed by atoms with van der Waals surface area (Å²) in [5, 5.41) is 15.8. The molecule has 140 valence electrons. The van der Waals surface area contributed by atoms with Crippen LogP contribution >= 0.6 is 0 Å². The first-order chi connectivity index (χ1) is 12.4. The lowest BCUT2D eigenvalue weighted by Crippen LogP contribution is -2.30. The second kappa shape index (κ2) is 10.8. The van der Waals surface area contributed by atoms with E-state index in [1.807, 2.05) is 24.3 Å². The van der Waals surface area contributed by atoms with Crippen LogP contribution in [0.3, 0.4) is 0 Å². The zero-order valence-corrected chi connectivity index (χ0v) is 15.0. The minimum Gasteiger partial charge on any atom is -0.496 e. The Bertz CT molecular complexity index is 704. The molecule has 0 spiro atoms. The molecule has 2 aromatic rings. The van der Waals surface area contributed by atoms with Gasteiger partial charge in [0.1, 0.15) is 5.75 Å². The molecule has 0 bridgehead atoms. The maximum atomic E-state index is 10.8. The third kappa shape index (κ3) is 6.48. The fraction of sp³-hybridized carbons (Fsp3) is 0.333. The summed E-state index contributed by atoms with van der Waals surface area (Å²) < 4.78 is 5.40. The highest BCUT2D eigenvalue weighted by molar-refractivity contribution is 5.84. The van der Waals surface area contributed by atoms with Crippen molar-refractivity contribution in [3.05, 3.63) is 53.6 Å². The van der Waals surface area contributed by atoms with E-state index in [0.717, 1.165) is 17.0 Å². The molecule has 0 unspecified atom stereocenters. The summed E-state index contributed by atoms with van der Waals surface area (Å²) in [6.07, 6.45) is 2.81. The van der Waals surface area contributed by atoms with Gasteiger partial charge in [-0.2, -0.15) is 0 Å². The predicted octanol–water partition coefficient (Wildman–Crippen LogP) is 2.29. The molecular weight excluding hydrogens is 338 g/mol. The van der Waals surface area contributed by atoms with E-state index in [2.05, 4.69) is 28.7 Å². The Hall–Kier alpha value is -3.00. The van der Waals surface area contributed by atoms with Gasteiger partial charge >= 0.3 is 5.97 Å². The monoisotopic (exact) mass is 361 g/mol. The fourth-order valence-electron chi connectivity index (χ4n) is 2.23. The minimum absolute atomic E-state index is 0.0467. The number of para-hydroxylation sites is 1. The van der Waals surface area contributed by atoms with Crippen molar-refractivity contribution >= 4 is 12.4 Å². The van der Waals surface area contributed by atoms with Gasteiger partial charge in [-0.05, 0) is 19.9 Å². The topological polar surface area (TPSA) is 113 Å². The zero-order valence-electron chi connectivity index (χ0n) is 15.0. The molecule has 8 heteroatoms. The first kappa shape index (κ1) is 21.0. The molecule has 8 nitrogen and oxygen atoms in total. The van der Waals surface area contributed by atoms with E-state index in [0.29, 0.717) is 19.1 Å². The number of hydrogen-bond acceptors (Lipinski definition) is 6. The van der Waals surface area contributed by atoms with Crippen molar-refractivity contribution in [1.29, 1.82) is 0 Å². The van der Waals surface area contributed by atoms with Crippen LogP contribution in [0.5, 0.6) is 5.75 Å². The van der Waals surface area contributed by atoms with Gasteiger partial charge < -0.3 is 14.9 Å². The number of aromatic nitrogens is 2. The van der Waals surface area contributed by atoms with Crippen molar-refractivity contribution < 1.29 is 24.5 Å². The molecule has 0 fully saturated rings. The molecule has 0 saturated heterocycles. The highest BCUT2D eigenvalue weighted by Gasteiger charge is 2.15. The second-order valence-corrected chi connectivity index (χ2v) is 5.61. The van der Waals surface area contributed by atoms with E-state index in [1.54, 1.807) is 7.11 Å². The molecule has 2 N–H and O–H groups in total. The molecule has 0 atom stereocenters. The lowest BCUT2D eigenvalue weighted by molar-refractivity contribution is -0.122. The van der Waals surface area contributed by atoms with Crippen molar-refractivity contribution in [2.45, 2.75) is 33.0 Å². The summed E-state index contributed by atoms with van der Waals surface area (Å²) >= 11 is 0. The van der Waals surface area contributed by atoms with Gasteiger partial charge in [0.25, 0.3) is 6.47 Å². The molecule has 0 radical (unpaired) electrons. The first-order valence-electron chi connectivity index (χ1n) is 7.90. The number of nitrogens with zero attached hydrogens (tertiary/aromatic N) is 3. The second-order valence-electron chi connectivity index (χ2n) is 5.61. The van der Waals surface area contributed by atoms with Gasteiger partial charge in [0.2, 0.25) is 0 Å². The molecule has 1 aromatic heterocycles. The lowest BCUT2D eigenvalue weighted by atomic mass is 10.1. The molecule has 1 aromatic carbocycles. The van der Waals surface area contributed by atoms with Gasteiger partial charge in [0.05, 0.1) is 25.2 Å². The van der Waals surface area contributed by atoms with Gasteiger partial charge in [0, 0.05) is 24.7 Å². The Kier molecular flexibility index (Phi) is 8.72. The normalized spacial score (nSPS) is 10.2. The Morgan fingerprint density at radius 1 is 1.23 bits per heavy atom. The average molecular weight is 361 g/mol. The summed E-state index contributed by atoms with van der Waals surface area (Å²) in [4.78, 5) is 29.5. The van der Waals surface area contributed by atoms with E-state index >= 15 is 0 Å². The molecule has 0 saturated carbocycles. The highest BCUT2D eigenvalue weighted by Crippen LogP contribution is 2.21.